The van der Waals surface area contributed by atoms with E-state index in [0.717, 1.165) is 5.56 Å². The number of benzene rings is 1. The Bertz CT molecular complexity index is 592. The minimum atomic E-state index is -0.574. The number of nitrogens with one attached hydrogen (secondary N) is 1. The summed E-state index contributed by atoms with van der Waals surface area (Å²) in [5.41, 5.74) is 1.05. The molecular weight excluding hydrogens is 334 g/mol. The third-order valence-electron chi connectivity index (χ3n) is 2.84. The molecule has 0 spiro atoms. The van der Waals surface area contributed by atoms with E-state index < -0.39 is 6.10 Å². The number of rotatable bonds is 6. The summed E-state index contributed by atoms with van der Waals surface area (Å²) in [4.78, 5) is 20.0. The first-order valence-electron chi connectivity index (χ1n) is 6.65. The van der Waals surface area contributed by atoms with Crippen molar-refractivity contribution in [1.29, 1.82) is 0 Å². The quantitative estimate of drug-likeness (QED) is 0.814. The predicted octanol–water partition coefficient (Wildman–Crippen LogP) is 2.71. The average molecular weight is 350 g/mol. The maximum absolute atomic E-state index is 12.1. The number of carbonyl (C=O) groups excluding carboxylic acids is 1. The highest BCUT2D eigenvalue weighted by Crippen LogP contribution is 2.14. The lowest BCUT2D eigenvalue weighted by Crippen LogP contribution is -2.37. The Morgan fingerprint density at radius 1 is 1.33 bits per heavy atom. The molecule has 21 heavy (non-hydrogen) atoms. The molecule has 1 unspecified atom stereocenters. The third kappa shape index (κ3) is 4.82. The second-order valence-electron chi connectivity index (χ2n) is 4.40. The number of aromatic nitrogens is 2. The molecule has 0 aliphatic rings. The molecule has 0 saturated carbocycles. The topological polar surface area (TPSA) is 64.1 Å². The van der Waals surface area contributed by atoms with Gasteiger partial charge in [0.1, 0.15) is 10.9 Å². The highest BCUT2D eigenvalue weighted by atomic mass is 79.9. The Kier molecular flexibility index (Phi) is 5.68. The van der Waals surface area contributed by atoms with Crippen LogP contribution in [0.15, 0.2) is 47.3 Å². The second kappa shape index (κ2) is 7.73. The van der Waals surface area contributed by atoms with E-state index in [1.165, 1.54) is 6.33 Å². The van der Waals surface area contributed by atoms with Crippen LogP contribution in [-0.4, -0.2) is 22.0 Å². The Labute approximate surface area is 131 Å². The van der Waals surface area contributed by atoms with Crippen molar-refractivity contribution in [3.63, 3.8) is 0 Å². The lowest BCUT2D eigenvalue weighted by Gasteiger charge is -2.16. The molecule has 1 atom stereocenters. The van der Waals surface area contributed by atoms with Crippen molar-refractivity contribution in [2.75, 3.05) is 0 Å². The first-order valence-corrected chi connectivity index (χ1v) is 7.44. The fraction of sp³-hybridized carbons (Fsp3) is 0.267. The summed E-state index contributed by atoms with van der Waals surface area (Å²) in [5, 5.41) is 2.87. The molecule has 0 bridgehead atoms. The second-order valence-corrected chi connectivity index (χ2v) is 5.21. The van der Waals surface area contributed by atoms with Gasteiger partial charge in [-0.1, -0.05) is 37.3 Å². The molecule has 0 aliphatic carbocycles. The molecule has 0 fully saturated rings. The minimum Gasteiger partial charge on any atom is -0.464 e. The molecule has 1 N–H and O–H groups in total. The van der Waals surface area contributed by atoms with Crippen molar-refractivity contribution in [3.05, 3.63) is 52.9 Å². The van der Waals surface area contributed by atoms with Gasteiger partial charge in [0.15, 0.2) is 6.10 Å². The molecular formula is C15H16BrN3O2. The Hall–Kier alpha value is -1.95. The van der Waals surface area contributed by atoms with E-state index in [-0.39, 0.29) is 5.91 Å². The van der Waals surface area contributed by atoms with E-state index >= 15 is 0 Å². The fourth-order valence-electron chi connectivity index (χ4n) is 1.75. The van der Waals surface area contributed by atoms with Gasteiger partial charge in [-0.2, -0.15) is 0 Å². The SMILES string of the molecule is CCC(Oc1cc(Br)ncn1)C(=O)NCc1ccccc1. The van der Waals surface area contributed by atoms with Gasteiger partial charge in [-0.3, -0.25) is 4.79 Å². The summed E-state index contributed by atoms with van der Waals surface area (Å²) in [6.07, 6.45) is 1.37. The standard InChI is InChI=1S/C15H16BrN3O2/c1-2-12(21-14-8-13(16)18-10-19-14)15(20)17-9-11-6-4-3-5-7-11/h3-8,10,12H,2,9H2,1H3,(H,17,20). The van der Waals surface area contributed by atoms with Gasteiger partial charge in [0.2, 0.25) is 5.88 Å². The highest BCUT2D eigenvalue weighted by Gasteiger charge is 2.18. The summed E-state index contributed by atoms with van der Waals surface area (Å²) < 4.78 is 6.22. The average Bonchev–Trinajstić information content (AvgIpc) is 2.51. The Morgan fingerprint density at radius 3 is 2.76 bits per heavy atom. The van der Waals surface area contributed by atoms with E-state index in [1.54, 1.807) is 6.07 Å². The van der Waals surface area contributed by atoms with E-state index in [4.69, 9.17) is 4.74 Å². The van der Waals surface area contributed by atoms with Gasteiger partial charge < -0.3 is 10.1 Å². The Balaban J connectivity index is 1.92. The van der Waals surface area contributed by atoms with Gasteiger partial charge in [0.05, 0.1) is 0 Å². The largest absolute Gasteiger partial charge is 0.464 e. The van der Waals surface area contributed by atoms with Crippen molar-refractivity contribution in [2.24, 2.45) is 0 Å². The van der Waals surface area contributed by atoms with Gasteiger partial charge in [-0.25, -0.2) is 9.97 Å². The minimum absolute atomic E-state index is 0.156. The van der Waals surface area contributed by atoms with Crippen LogP contribution in [0, 0.1) is 0 Å². The van der Waals surface area contributed by atoms with E-state index in [1.807, 2.05) is 37.3 Å². The molecule has 6 heteroatoms. The number of halogens is 1. The van der Waals surface area contributed by atoms with Crippen molar-refractivity contribution in [1.82, 2.24) is 15.3 Å². The van der Waals surface area contributed by atoms with Crippen LogP contribution in [0.1, 0.15) is 18.9 Å². The zero-order chi connectivity index (χ0) is 15.1. The maximum atomic E-state index is 12.1. The van der Waals surface area contributed by atoms with Crippen LogP contribution in [0.25, 0.3) is 0 Å². The van der Waals surface area contributed by atoms with E-state index in [0.29, 0.717) is 23.4 Å². The van der Waals surface area contributed by atoms with Gasteiger partial charge in [-0.15, -0.1) is 0 Å². The smallest absolute Gasteiger partial charge is 0.261 e. The monoisotopic (exact) mass is 349 g/mol. The molecule has 1 aromatic heterocycles. The molecule has 110 valence electrons. The molecule has 1 amide bonds. The van der Waals surface area contributed by atoms with E-state index in [2.05, 4.69) is 31.2 Å². The first-order chi connectivity index (χ1) is 10.2. The van der Waals surface area contributed by atoms with Crippen LogP contribution in [0.5, 0.6) is 5.88 Å². The van der Waals surface area contributed by atoms with Crippen LogP contribution in [0.3, 0.4) is 0 Å². The Morgan fingerprint density at radius 2 is 2.10 bits per heavy atom. The van der Waals surface area contributed by atoms with Crippen molar-refractivity contribution in [3.8, 4) is 5.88 Å². The van der Waals surface area contributed by atoms with Gasteiger partial charge in [0.25, 0.3) is 5.91 Å². The molecule has 1 aromatic carbocycles. The molecule has 0 radical (unpaired) electrons. The lowest BCUT2D eigenvalue weighted by molar-refractivity contribution is -0.128. The normalized spacial score (nSPS) is 11.7. The fourth-order valence-corrected chi connectivity index (χ4v) is 2.04. The first kappa shape index (κ1) is 15.4. The molecule has 0 saturated heterocycles. The van der Waals surface area contributed by atoms with Gasteiger partial charge in [0, 0.05) is 12.6 Å². The van der Waals surface area contributed by atoms with Crippen LogP contribution in [-0.2, 0) is 11.3 Å². The molecule has 1 heterocycles. The van der Waals surface area contributed by atoms with E-state index in [9.17, 15) is 4.79 Å². The third-order valence-corrected chi connectivity index (χ3v) is 3.28. The van der Waals surface area contributed by atoms with Crippen molar-refractivity contribution >= 4 is 21.8 Å². The number of ether oxygens (including phenoxy) is 1. The molecule has 2 aromatic rings. The zero-order valence-electron chi connectivity index (χ0n) is 11.6. The number of amides is 1. The predicted molar refractivity (Wildman–Crippen MR) is 82.7 cm³/mol. The molecule has 2 rings (SSSR count). The summed E-state index contributed by atoms with van der Waals surface area (Å²) in [5.74, 6) is 0.217. The van der Waals surface area contributed by atoms with Crippen LogP contribution >= 0.6 is 15.9 Å². The van der Waals surface area contributed by atoms with Crippen LogP contribution in [0.4, 0.5) is 0 Å². The highest BCUT2D eigenvalue weighted by molar-refractivity contribution is 9.10. The molecule has 5 nitrogen and oxygen atoms in total. The number of carbonyl (C=O) groups is 1. The maximum Gasteiger partial charge on any atom is 0.261 e. The number of hydrogen-bond donors (Lipinski definition) is 1. The zero-order valence-corrected chi connectivity index (χ0v) is 13.2. The summed E-state index contributed by atoms with van der Waals surface area (Å²) >= 11 is 3.24. The number of nitrogens with zero attached hydrogens (tertiary/aromatic N) is 2. The van der Waals surface area contributed by atoms with Gasteiger partial charge in [-0.05, 0) is 27.9 Å². The molecule has 0 aliphatic heterocycles. The summed E-state index contributed by atoms with van der Waals surface area (Å²) in [6, 6.07) is 11.4. The number of hydrogen-bond acceptors (Lipinski definition) is 4. The van der Waals surface area contributed by atoms with Crippen LogP contribution < -0.4 is 10.1 Å². The van der Waals surface area contributed by atoms with Crippen LogP contribution in [0.2, 0.25) is 0 Å². The summed E-state index contributed by atoms with van der Waals surface area (Å²) in [7, 11) is 0. The summed E-state index contributed by atoms with van der Waals surface area (Å²) in [6.45, 7) is 2.37. The van der Waals surface area contributed by atoms with Crippen molar-refractivity contribution < 1.29 is 9.53 Å². The van der Waals surface area contributed by atoms with Gasteiger partial charge >= 0.3 is 0 Å². The lowest BCUT2D eigenvalue weighted by atomic mass is 10.2. The van der Waals surface area contributed by atoms with Crippen molar-refractivity contribution in [2.45, 2.75) is 26.0 Å².